The summed E-state index contributed by atoms with van der Waals surface area (Å²) in [5, 5.41) is 0. The van der Waals surface area contributed by atoms with Crippen molar-refractivity contribution < 1.29 is 8.97 Å². The van der Waals surface area contributed by atoms with Crippen LogP contribution in [0.1, 0.15) is 40.6 Å². The highest BCUT2D eigenvalue weighted by molar-refractivity contribution is 5.60. The summed E-state index contributed by atoms with van der Waals surface area (Å²) in [6.07, 6.45) is 10.7. The fraction of sp³-hybridized carbons (Fsp3) is 0.282. The molecule has 4 nitrogen and oxygen atoms in total. The minimum absolute atomic E-state index is 0.221. The first-order valence-corrected chi connectivity index (χ1v) is 15.4. The lowest BCUT2D eigenvalue weighted by Crippen LogP contribution is -2.57. The van der Waals surface area contributed by atoms with Gasteiger partial charge < -0.3 is 17.8 Å². The van der Waals surface area contributed by atoms with Crippen molar-refractivity contribution in [3.05, 3.63) is 156 Å². The van der Waals surface area contributed by atoms with Gasteiger partial charge in [-0.15, -0.1) is 0 Å². The SMILES string of the molecule is C[N+](C)(C)C(c1ccn2ccccc12)C(CC(Cc1ccccc1)(c1ccn2ccccc12)[N+](C)(C)C)c1ccccc1. The van der Waals surface area contributed by atoms with Crippen molar-refractivity contribution in [2.45, 2.75) is 30.3 Å². The molecule has 0 amide bonds. The molecule has 4 heteroatoms. The molecule has 6 rings (SSSR count). The Morgan fingerprint density at radius 2 is 1.14 bits per heavy atom. The molecule has 0 fully saturated rings. The van der Waals surface area contributed by atoms with E-state index in [4.69, 9.17) is 0 Å². The van der Waals surface area contributed by atoms with E-state index in [0.29, 0.717) is 0 Å². The number of likely N-dealkylation sites (N-methyl/N-ethyl adjacent to an activating group) is 2. The number of hydrogen-bond donors (Lipinski definition) is 0. The van der Waals surface area contributed by atoms with Gasteiger partial charge in [0.05, 0.1) is 53.3 Å². The van der Waals surface area contributed by atoms with E-state index in [2.05, 4.69) is 185 Å². The molecule has 220 valence electrons. The third-order valence-corrected chi connectivity index (χ3v) is 9.61. The molecule has 4 aromatic heterocycles. The van der Waals surface area contributed by atoms with Gasteiger partial charge in [0.2, 0.25) is 0 Å². The Morgan fingerprint density at radius 1 is 0.581 bits per heavy atom. The number of rotatable bonds is 10. The molecule has 0 aliphatic carbocycles. The largest absolute Gasteiger partial charge is 0.324 e. The average Bonchev–Trinajstić information content (AvgIpc) is 3.61. The van der Waals surface area contributed by atoms with Gasteiger partial charge in [0.15, 0.2) is 0 Å². The van der Waals surface area contributed by atoms with Gasteiger partial charge in [0, 0.05) is 54.7 Å². The summed E-state index contributed by atoms with van der Waals surface area (Å²) in [6, 6.07) is 40.5. The van der Waals surface area contributed by atoms with Crippen molar-refractivity contribution in [3.8, 4) is 0 Å². The molecule has 3 atom stereocenters. The Balaban J connectivity index is 1.63. The van der Waals surface area contributed by atoms with Crippen LogP contribution < -0.4 is 0 Å². The molecule has 4 heterocycles. The summed E-state index contributed by atoms with van der Waals surface area (Å²) in [6.45, 7) is 0. The van der Waals surface area contributed by atoms with Crippen molar-refractivity contribution in [1.29, 1.82) is 0 Å². The summed E-state index contributed by atoms with van der Waals surface area (Å²) in [4.78, 5) is 0. The molecule has 0 saturated heterocycles. The molecule has 2 aromatic carbocycles. The fourth-order valence-corrected chi connectivity index (χ4v) is 7.51. The summed E-state index contributed by atoms with van der Waals surface area (Å²) >= 11 is 0. The van der Waals surface area contributed by atoms with Crippen molar-refractivity contribution in [2.75, 3.05) is 42.3 Å². The van der Waals surface area contributed by atoms with Crippen molar-refractivity contribution >= 4 is 11.0 Å². The molecule has 0 saturated carbocycles. The summed E-state index contributed by atoms with van der Waals surface area (Å²) < 4.78 is 6.20. The van der Waals surface area contributed by atoms with Gasteiger partial charge in [0.25, 0.3) is 0 Å². The maximum atomic E-state index is 2.39. The van der Waals surface area contributed by atoms with Crippen LogP contribution >= 0.6 is 0 Å². The van der Waals surface area contributed by atoms with Crippen molar-refractivity contribution in [1.82, 2.24) is 8.80 Å². The maximum Gasteiger partial charge on any atom is 0.131 e. The number of hydrogen-bond acceptors (Lipinski definition) is 0. The molecule has 0 aliphatic rings. The van der Waals surface area contributed by atoms with E-state index in [1.165, 1.54) is 33.3 Å². The van der Waals surface area contributed by atoms with Crippen LogP contribution in [0.2, 0.25) is 0 Å². The predicted molar refractivity (Wildman–Crippen MR) is 179 cm³/mol. The summed E-state index contributed by atoms with van der Waals surface area (Å²) in [7, 11) is 14.3. The number of nitrogens with zero attached hydrogens (tertiary/aromatic N) is 4. The second-order valence-electron chi connectivity index (χ2n) is 14.0. The molecule has 6 aromatic rings. The van der Waals surface area contributed by atoms with E-state index in [9.17, 15) is 0 Å². The van der Waals surface area contributed by atoms with Crippen LogP contribution in [0.25, 0.3) is 11.0 Å². The van der Waals surface area contributed by atoms with Gasteiger partial charge in [-0.05, 0) is 47.5 Å². The quantitative estimate of drug-likeness (QED) is 0.148. The molecule has 0 radical (unpaired) electrons. The zero-order chi connectivity index (χ0) is 30.2. The minimum atomic E-state index is -0.221. The topological polar surface area (TPSA) is 8.82 Å². The highest BCUT2D eigenvalue weighted by Crippen LogP contribution is 2.51. The monoisotopic (exact) mass is 570 g/mol. The van der Waals surface area contributed by atoms with Gasteiger partial charge in [-0.2, -0.15) is 0 Å². The predicted octanol–water partition coefficient (Wildman–Crippen LogP) is 7.96. The number of pyridine rings is 2. The number of benzene rings is 2. The zero-order valence-corrected chi connectivity index (χ0v) is 26.6. The Labute approximate surface area is 257 Å². The lowest BCUT2D eigenvalue weighted by Gasteiger charge is -2.50. The molecule has 0 bridgehead atoms. The van der Waals surface area contributed by atoms with E-state index in [1.807, 2.05) is 0 Å². The van der Waals surface area contributed by atoms with E-state index < -0.39 is 0 Å². The Hall–Kier alpha value is -4.12. The first kappa shape index (κ1) is 29.0. The third-order valence-electron chi connectivity index (χ3n) is 9.61. The van der Waals surface area contributed by atoms with Gasteiger partial charge in [-0.1, -0.05) is 72.8 Å². The standard InChI is InChI=1S/C39H46N4/c1-42(2,3)38(33-23-27-40-25-15-13-21-36(33)40)34(32-19-11-8-12-20-32)30-39(43(4,5)6,29-31-17-9-7-10-18-31)35-24-28-41-26-16-14-22-37(35)41/h7-28,34,38H,29-30H2,1-6H3/q+2. The first-order chi connectivity index (χ1) is 20.6. The van der Waals surface area contributed by atoms with Gasteiger partial charge >= 0.3 is 0 Å². The van der Waals surface area contributed by atoms with Gasteiger partial charge in [-0.3, -0.25) is 0 Å². The zero-order valence-electron chi connectivity index (χ0n) is 26.6. The molecule has 0 aliphatic heterocycles. The molecular formula is C39H46N4+2. The third kappa shape index (κ3) is 5.42. The second kappa shape index (κ2) is 11.2. The van der Waals surface area contributed by atoms with E-state index in [1.54, 1.807) is 0 Å². The smallest absolute Gasteiger partial charge is 0.131 e. The van der Waals surface area contributed by atoms with Crippen molar-refractivity contribution in [2.24, 2.45) is 0 Å². The van der Waals surface area contributed by atoms with E-state index in [-0.39, 0.29) is 17.5 Å². The minimum Gasteiger partial charge on any atom is -0.324 e. The molecule has 0 spiro atoms. The Bertz CT molecular complexity index is 1800. The van der Waals surface area contributed by atoms with Crippen LogP contribution in [0, 0.1) is 0 Å². The summed E-state index contributed by atoms with van der Waals surface area (Å²) in [5.41, 5.74) is 7.93. The number of aromatic nitrogens is 2. The molecule has 3 unspecified atom stereocenters. The Morgan fingerprint density at radius 3 is 1.77 bits per heavy atom. The van der Waals surface area contributed by atoms with Gasteiger partial charge in [-0.25, -0.2) is 0 Å². The molecule has 43 heavy (non-hydrogen) atoms. The molecule has 0 N–H and O–H groups in total. The van der Waals surface area contributed by atoms with Crippen LogP contribution in [0.4, 0.5) is 0 Å². The number of quaternary nitrogens is 2. The average molecular weight is 571 g/mol. The molecular weight excluding hydrogens is 524 g/mol. The Kier molecular flexibility index (Phi) is 7.53. The normalized spacial score (nSPS) is 15.4. The highest BCUT2D eigenvalue weighted by Gasteiger charge is 2.51. The van der Waals surface area contributed by atoms with E-state index >= 15 is 0 Å². The summed E-state index contributed by atoms with van der Waals surface area (Å²) in [5.74, 6) is 0.243. The highest BCUT2D eigenvalue weighted by atomic mass is 15.4. The van der Waals surface area contributed by atoms with E-state index in [0.717, 1.165) is 21.8 Å². The number of fused-ring (bicyclic) bond motifs is 2. The van der Waals surface area contributed by atoms with Crippen LogP contribution in [0.5, 0.6) is 0 Å². The lowest BCUT2D eigenvalue weighted by molar-refractivity contribution is -0.935. The van der Waals surface area contributed by atoms with Crippen molar-refractivity contribution in [3.63, 3.8) is 0 Å². The van der Waals surface area contributed by atoms with Crippen LogP contribution in [-0.4, -0.2) is 60.1 Å². The lowest BCUT2D eigenvalue weighted by atomic mass is 9.70. The van der Waals surface area contributed by atoms with Crippen LogP contribution in [-0.2, 0) is 12.0 Å². The maximum absolute atomic E-state index is 2.39. The van der Waals surface area contributed by atoms with Crippen LogP contribution in [0.15, 0.2) is 134 Å². The van der Waals surface area contributed by atoms with Gasteiger partial charge in [0.1, 0.15) is 11.6 Å². The van der Waals surface area contributed by atoms with Crippen LogP contribution in [0.3, 0.4) is 0 Å². The fourth-order valence-electron chi connectivity index (χ4n) is 7.51. The first-order valence-electron chi connectivity index (χ1n) is 15.4. The second-order valence-corrected chi connectivity index (χ2v) is 14.0.